The van der Waals surface area contributed by atoms with Crippen LogP contribution >= 0.6 is 0 Å². The van der Waals surface area contributed by atoms with E-state index in [1.807, 2.05) is 72.8 Å². The van der Waals surface area contributed by atoms with E-state index >= 15 is 0 Å². The number of hydrogen-bond donors (Lipinski definition) is 2. The number of nitrogen functional groups attached to an aromatic ring is 1. The summed E-state index contributed by atoms with van der Waals surface area (Å²) in [5.74, 6) is 6.14. The van der Waals surface area contributed by atoms with Crippen molar-refractivity contribution in [2.45, 2.75) is 0 Å². The van der Waals surface area contributed by atoms with Crippen molar-refractivity contribution in [1.29, 1.82) is 0 Å². The summed E-state index contributed by atoms with van der Waals surface area (Å²) < 4.78 is 1.72. The second-order valence-corrected chi connectivity index (χ2v) is 5.21. The van der Waals surface area contributed by atoms with Crippen LogP contribution in [0.3, 0.4) is 0 Å². The van der Waals surface area contributed by atoms with Crippen molar-refractivity contribution in [2.24, 2.45) is 5.84 Å². The highest BCUT2D eigenvalue weighted by Crippen LogP contribution is 2.25. The number of nitrogens with two attached hydrogens (primary N) is 1. The molecule has 2 aromatic heterocycles. The molecule has 0 saturated heterocycles. The molecule has 0 amide bonds. The van der Waals surface area contributed by atoms with Crippen LogP contribution in [0.1, 0.15) is 0 Å². The summed E-state index contributed by atoms with van der Waals surface area (Å²) in [4.78, 5) is 4.56. The van der Waals surface area contributed by atoms with E-state index in [4.69, 9.17) is 5.84 Å². The monoisotopic (exact) mass is 301 g/mol. The minimum Gasteiger partial charge on any atom is -0.292 e. The van der Waals surface area contributed by atoms with Crippen LogP contribution < -0.4 is 11.3 Å². The third kappa shape index (κ3) is 2.43. The predicted octanol–water partition coefficient (Wildman–Crippen LogP) is 3.35. The Bertz CT molecular complexity index is 945. The van der Waals surface area contributed by atoms with Crippen molar-refractivity contribution in [3.05, 3.63) is 72.8 Å². The zero-order chi connectivity index (χ0) is 15.6. The van der Waals surface area contributed by atoms with Crippen molar-refractivity contribution in [3.63, 3.8) is 0 Å². The van der Waals surface area contributed by atoms with Crippen molar-refractivity contribution >= 4 is 11.5 Å². The molecule has 0 unspecified atom stereocenters. The average Bonchev–Trinajstić information content (AvgIpc) is 3.06. The first-order valence-electron chi connectivity index (χ1n) is 7.33. The average molecular weight is 301 g/mol. The van der Waals surface area contributed by atoms with Gasteiger partial charge in [-0.05, 0) is 12.1 Å². The number of nitrogens with one attached hydrogen (secondary N) is 1. The summed E-state index contributed by atoms with van der Waals surface area (Å²) in [6, 6.07) is 24.1. The van der Waals surface area contributed by atoms with Gasteiger partial charge in [0.15, 0.2) is 0 Å². The maximum Gasteiger partial charge on any atom is 0.239 e. The largest absolute Gasteiger partial charge is 0.292 e. The number of anilines is 1. The van der Waals surface area contributed by atoms with E-state index in [-0.39, 0.29) is 0 Å². The predicted molar refractivity (Wildman–Crippen MR) is 91.7 cm³/mol. The number of hydrogen-bond acceptors (Lipinski definition) is 4. The molecule has 0 bridgehead atoms. The lowest BCUT2D eigenvalue weighted by molar-refractivity contribution is 0.924. The third-order valence-electron chi connectivity index (χ3n) is 3.72. The van der Waals surface area contributed by atoms with Gasteiger partial charge in [0.05, 0.1) is 16.9 Å². The lowest BCUT2D eigenvalue weighted by atomic mass is 10.1. The van der Waals surface area contributed by atoms with Crippen LogP contribution in [-0.2, 0) is 0 Å². The van der Waals surface area contributed by atoms with Gasteiger partial charge in [-0.1, -0.05) is 60.7 Å². The minimum atomic E-state index is 0.503. The number of rotatable bonds is 3. The van der Waals surface area contributed by atoms with Gasteiger partial charge in [-0.25, -0.2) is 10.8 Å². The molecule has 4 aromatic rings. The summed E-state index contributed by atoms with van der Waals surface area (Å²) in [7, 11) is 0. The molecule has 5 nitrogen and oxygen atoms in total. The Morgan fingerprint density at radius 2 is 1.35 bits per heavy atom. The molecule has 2 aromatic carbocycles. The van der Waals surface area contributed by atoms with E-state index < -0.39 is 0 Å². The lowest BCUT2D eigenvalue weighted by Crippen LogP contribution is -2.13. The molecular weight excluding hydrogens is 286 g/mol. The van der Waals surface area contributed by atoms with E-state index in [0.717, 1.165) is 28.0 Å². The van der Waals surface area contributed by atoms with Gasteiger partial charge >= 0.3 is 0 Å². The normalized spacial score (nSPS) is 10.8. The molecule has 0 aliphatic heterocycles. The molecule has 0 aliphatic rings. The fourth-order valence-electron chi connectivity index (χ4n) is 2.60. The number of fused-ring (bicyclic) bond motifs is 1. The molecule has 2 heterocycles. The van der Waals surface area contributed by atoms with Crippen LogP contribution in [0.4, 0.5) is 5.95 Å². The second-order valence-electron chi connectivity index (χ2n) is 5.21. The maximum atomic E-state index is 5.64. The van der Waals surface area contributed by atoms with Gasteiger partial charge in [-0.15, -0.1) is 0 Å². The first kappa shape index (κ1) is 13.5. The number of benzene rings is 2. The van der Waals surface area contributed by atoms with Gasteiger partial charge in [0, 0.05) is 11.1 Å². The van der Waals surface area contributed by atoms with Crippen molar-refractivity contribution in [2.75, 3.05) is 5.43 Å². The minimum absolute atomic E-state index is 0.503. The molecule has 23 heavy (non-hydrogen) atoms. The summed E-state index contributed by atoms with van der Waals surface area (Å²) in [5.41, 5.74) is 7.40. The van der Waals surface area contributed by atoms with Crippen LogP contribution in [0.5, 0.6) is 0 Å². The Hall–Kier alpha value is -3.18. The first-order chi connectivity index (χ1) is 11.3. The Balaban J connectivity index is 1.90. The molecule has 0 saturated carbocycles. The summed E-state index contributed by atoms with van der Waals surface area (Å²) in [6.07, 6.45) is 0. The van der Waals surface area contributed by atoms with Crippen LogP contribution in [-0.4, -0.2) is 14.6 Å². The molecule has 3 N–H and O–H groups in total. The van der Waals surface area contributed by atoms with Crippen LogP contribution in [0.25, 0.3) is 28.0 Å². The van der Waals surface area contributed by atoms with Gasteiger partial charge in [0.25, 0.3) is 0 Å². The fourth-order valence-corrected chi connectivity index (χ4v) is 2.60. The van der Waals surface area contributed by atoms with Gasteiger partial charge < -0.3 is 0 Å². The van der Waals surface area contributed by atoms with E-state index in [1.165, 1.54) is 0 Å². The Morgan fingerprint density at radius 3 is 1.96 bits per heavy atom. The van der Waals surface area contributed by atoms with Crippen LogP contribution in [0.2, 0.25) is 0 Å². The fraction of sp³-hybridized carbons (Fsp3) is 0. The Morgan fingerprint density at radius 1 is 0.783 bits per heavy atom. The first-order valence-corrected chi connectivity index (χ1v) is 7.33. The molecule has 0 aliphatic carbocycles. The van der Waals surface area contributed by atoms with E-state index in [1.54, 1.807) is 4.52 Å². The van der Waals surface area contributed by atoms with Crippen LogP contribution in [0.15, 0.2) is 72.8 Å². The number of nitrogens with zero attached hydrogens (tertiary/aromatic N) is 3. The van der Waals surface area contributed by atoms with E-state index in [9.17, 15) is 0 Å². The topological polar surface area (TPSA) is 68.2 Å². The molecule has 0 spiro atoms. The van der Waals surface area contributed by atoms with Gasteiger partial charge in [-0.3, -0.25) is 5.43 Å². The van der Waals surface area contributed by atoms with Gasteiger partial charge in [0.1, 0.15) is 0 Å². The third-order valence-corrected chi connectivity index (χ3v) is 3.72. The zero-order valence-electron chi connectivity index (χ0n) is 12.3. The molecule has 0 atom stereocenters. The van der Waals surface area contributed by atoms with Crippen LogP contribution in [0, 0.1) is 0 Å². The van der Waals surface area contributed by atoms with Crippen molar-refractivity contribution in [1.82, 2.24) is 14.6 Å². The summed E-state index contributed by atoms with van der Waals surface area (Å²) >= 11 is 0. The Labute approximate surface area is 133 Å². The smallest absolute Gasteiger partial charge is 0.239 e. The molecule has 4 rings (SSSR count). The summed E-state index contributed by atoms with van der Waals surface area (Å²) in [5, 5.41) is 4.60. The standard InChI is InChI=1S/C18H15N5/c19-21-18-20-16(13-7-3-1-4-8-13)11-15-12-17(22-23(15)18)14-9-5-2-6-10-14/h1-12H,19H2,(H,20,21). The molecule has 112 valence electrons. The molecule has 5 heteroatoms. The van der Waals surface area contributed by atoms with E-state index in [2.05, 4.69) is 15.5 Å². The highest BCUT2D eigenvalue weighted by molar-refractivity contribution is 5.72. The second kappa shape index (κ2) is 5.55. The van der Waals surface area contributed by atoms with Crippen molar-refractivity contribution in [3.8, 4) is 22.5 Å². The Kier molecular flexibility index (Phi) is 3.25. The molecule has 0 fully saturated rings. The lowest BCUT2D eigenvalue weighted by Gasteiger charge is -2.06. The zero-order valence-corrected chi connectivity index (χ0v) is 12.3. The molecule has 0 radical (unpaired) electrons. The number of aromatic nitrogens is 3. The SMILES string of the molecule is NNc1nc(-c2ccccc2)cc2cc(-c3ccccc3)nn12. The van der Waals surface area contributed by atoms with Gasteiger partial charge in [0.2, 0.25) is 5.95 Å². The quantitative estimate of drug-likeness (QED) is 0.450. The summed E-state index contributed by atoms with van der Waals surface area (Å²) in [6.45, 7) is 0. The maximum absolute atomic E-state index is 5.64. The highest BCUT2D eigenvalue weighted by Gasteiger charge is 2.11. The number of hydrazine groups is 1. The highest BCUT2D eigenvalue weighted by atomic mass is 15.4. The van der Waals surface area contributed by atoms with E-state index in [0.29, 0.717) is 5.95 Å². The molecular formula is C18H15N5. The van der Waals surface area contributed by atoms with Gasteiger partial charge in [-0.2, -0.15) is 9.61 Å². The van der Waals surface area contributed by atoms with Crippen molar-refractivity contribution < 1.29 is 0 Å².